The van der Waals surface area contributed by atoms with Gasteiger partial charge in [-0.1, -0.05) is 6.07 Å². The van der Waals surface area contributed by atoms with E-state index < -0.39 is 9.84 Å². The van der Waals surface area contributed by atoms with Crippen LogP contribution in [0.25, 0.3) is 10.2 Å². The van der Waals surface area contributed by atoms with Gasteiger partial charge in [-0.3, -0.25) is 4.90 Å². The van der Waals surface area contributed by atoms with E-state index in [0.717, 1.165) is 37.5 Å². The Bertz CT molecular complexity index is 1040. The summed E-state index contributed by atoms with van der Waals surface area (Å²) in [6.07, 6.45) is 2.65. The van der Waals surface area contributed by atoms with Crippen LogP contribution in [0.1, 0.15) is 18.5 Å². The number of nitrogens with zero attached hydrogens (tertiary/aromatic N) is 4. The monoisotopic (exact) mass is 402 g/mol. The van der Waals surface area contributed by atoms with Crippen LogP contribution in [0, 0.1) is 0 Å². The molecule has 1 atom stereocenters. The Morgan fingerprint density at radius 3 is 2.52 bits per heavy atom. The van der Waals surface area contributed by atoms with Crippen molar-refractivity contribution in [2.75, 3.05) is 37.3 Å². The van der Waals surface area contributed by atoms with E-state index in [1.165, 1.54) is 22.7 Å². The quantitative estimate of drug-likeness (QED) is 0.668. The Hall–Kier alpha value is -2.03. The molecular formula is C19H22N4O2S2. The van der Waals surface area contributed by atoms with Gasteiger partial charge in [0.1, 0.15) is 5.82 Å². The van der Waals surface area contributed by atoms with Crippen molar-refractivity contribution in [2.45, 2.75) is 17.9 Å². The molecule has 1 aromatic carbocycles. The molecule has 1 unspecified atom stereocenters. The van der Waals surface area contributed by atoms with E-state index in [0.29, 0.717) is 6.04 Å². The Morgan fingerprint density at radius 1 is 1.07 bits per heavy atom. The first kappa shape index (κ1) is 18.3. The lowest BCUT2D eigenvalue weighted by molar-refractivity contribution is 0.198. The first-order chi connectivity index (χ1) is 12.9. The molecule has 0 amide bonds. The predicted molar refractivity (Wildman–Crippen MR) is 109 cm³/mol. The summed E-state index contributed by atoms with van der Waals surface area (Å²) in [5.74, 6) is 0.832. The maximum absolute atomic E-state index is 11.6. The Morgan fingerprint density at radius 2 is 1.85 bits per heavy atom. The second kappa shape index (κ2) is 7.18. The highest BCUT2D eigenvalue weighted by Crippen LogP contribution is 2.27. The number of fused-ring (bicyclic) bond motifs is 1. The maximum atomic E-state index is 11.6. The van der Waals surface area contributed by atoms with E-state index in [4.69, 9.17) is 0 Å². The van der Waals surface area contributed by atoms with Crippen LogP contribution in [0.4, 0.5) is 5.82 Å². The third-order valence-electron chi connectivity index (χ3n) is 5.17. The molecular weight excluding hydrogens is 380 g/mol. The second-order valence-electron chi connectivity index (χ2n) is 6.90. The molecule has 0 saturated carbocycles. The van der Waals surface area contributed by atoms with E-state index in [-0.39, 0.29) is 4.90 Å². The number of piperazine rings is 1. The van der Waals surface area contributed by atoms with Crippen LogP contribution in [-0.2, 0) is 9.84 Å². The molecule has 0 N–H and O–H groups in total. The zero-order chi connectivity index (χ0) is 19.0. The minimum absolute atomic E-state index is 0.260. The lowest BCUT2D eigenvalue weighted by Gasteiger charge is -2.38. The van der Waals surface area contributed by atoms with Crippen LogP contribution in [0.5, 0.6) is 0 Å². The number of thiazole rings is 1. The van der Waals surface area contributed by atoms with Crippen molar-refractivity contribution in [1.29, 1.82) is 0 Å². The SMILES string of the molecule is CC(c1ccc2scnc2c1)N1CCN(c2ccc(S(C)(=O)=O)cn2)CC1. The molecule has 142 valence electrons. The number of benzene rings is 1. The molecule has 3 heterocycles. The van der Waals surface area contributed by atoms with E-state index in [9.17, 15) is 8.42 Å². The summed E-state index contributed by atoms with van der Waals surface area (Å²) in [5.41, 5.74) is 4.25. The van der Waals surface area contributed by atoms with Crippen LogP contribution in [0.2, 0.25) is 0 Å². The number of rotatable bonds is 4. The molecule has 4 rings (SSSR count). The van der Waals surface area contributed by atoms with E-state index >= 15 is 0 Å². The summed E-state index contributed by atoms with van der Waals surface area (Å²) in [4.78, 5) is 13.7. The van der Waals surface area contributed by atoms with Crippen molar-refractivity contribution in [3.63, 3.8) is 0 Å². The van der Waals surface area contributed by atoms with Crippen LogP contribution in [-0.4, -0.2) is 55.7 Å². The summed E-state index contributed by atoms with van der Waals surface area (Å²) in [5, 5.41) is 0. The molecule has 3 aromatic rings. The fourth-order valence-electron chi connectivity index (χ4n) is 3.46. The van der Waals surface area contributed by atoms with Gasteiger partial charge in [0.15, 0.2) is 9.84 Å². The standard InChI is InChI=1S/C19H22N4O2S2/c1-14(15-3-5-18-17(11-15)21-13-26-18)22-7-9-23(10-8-22)19-6-4-16(12-20-19)27(2,24)25/h3-6,11-14H,7-10H2,1-2H3. The molecule has 1 aliphatic rings. The lowest BCUT2D eigenvalue weighted by Crippen LogP contribution is -2.47. The van der Waals surface area contributed by atoms with Crippen LogP contribution in [0.3, 0.4) is 0 Å². The van der Waals surface area contributed by atoms with Gasteiger partial charge in [0.25, 0.3) is 0 Å². The highest BCUT2D eigenvalue weighted by Gasteiger charge is 2.23. The molecule has 1 aliphatic heterocycles. The Kier molecular flexibility index (Phi) is 4.88. The molecule has 0 radical (unpaired) electrons. The van der Waals surface area contributed by atoms with E-state index in [2.05, 4.69) is 44.9 Å². The molecule has 27 heavy (non-hydrogen) atoms. The Balaban J connectivity index is 1.42. The highest BCUT2D eigenvalue weighted by molar-refractivity contribution is 7.90. The zero-order valence-corrected chi connectivity index (χ0v) is 17.0. The third-order valence-corrected chi connectivity index (χ3v) is 7.08. The molecule has 1 fully saturated rings. The van der Waals surface area contributed by atoms with Gasteiger partial charge in [0, 0.05) is 44.7 Å². The number of hydrogen-bond acceptors (Lipinski definition) is 7. The minimum Gasteiger partial charge on any atom is -0.354 e. The first-order valence-corrected chi connectivity index (χ1v) is 11.7. The summed E-state index contributed by atoms with van der Waals surface area (Å²) in [6.45, 7) is 5.85. The van der Waals surface area contributed by atoms with Gasteiger partial charge >= 0.3 is 0 Å². The van der Waals surface area contributed by atoms with E-state index in [1.807, 2.05) is 5.51 Å². The second-order valence-corrected chi connectivity index (χ2v) is 9.80. The normalized spacial score (nSPS) is 17.3. The fraction of sp³-hybridized carbons (Fsp3) is 0.368. The molecule has 0 spiro atoms. The zero-order valence-electron chi connectivity index (χ0n) is 15.4. The molecule has 8 heteroatoms. The van der Waals surface area contributed by atoms with Gasteiger partial charge in [-0.25, -0.2) is 18.4 Å². The largest absolute Gasteiger partial charge is 0.354 e. The van der Waals surface area contributed by atoms with Crippen molar-refractivity contribution in [3.05, 3.63) is 47.6 Å². The number of aromatic nitrogens is 2. The minimum atomic E-state index is -3.21. The number of hydrogen-bond donors (Lipinski definition) is 0. The Labute approximate surface area is 163 Å². The summed E-state index contributed by atoms with van der Waals surface area (Å²) >= 11 is 1.67. The van der Waals surface area contributed by atoms with Crippen LogP contribution in [0.15, 0.2) is 46.9 Å². The van der Waals surface area contributed by atoms with Gasteiger partial charge in [-0.05, 0) is 36.8 Å². The molecule has 2 aromatic heterocycles. The number of anilines is 1. The van der Waals surface area contributed by atoms with Gasteiger partial charge in [0.05, 0.1) is 20.6 Å². The van der Waals surface area contributed by atoms with Gasteiger partial charge in [0.2, 0.25) is 0 Å². The van der Waals surface area contributed by atoms with Crippen molar-refractivity contribution in [3.8, 4) is 0 Å². The van der Waals surface area contributed by atoms with Crippen molar-refractivity contribution in [1.82, 2.24) is 14.9 Å². The number of sulfone groups is 1. The predicted octanol–water partition coefficient (Wildman–Crippen LogP) is 2.98. The lowest BCUT2D eigenvalue weighted by atomic mass is 10.1. The van der Waals surface area contributed by atoms with E-state index in [1.54, 1.807) is 23.5 Å². The highest BCUT2D eigenvalue weighted by atomic mass is 32.2. The van der Waals surface area contributed by atoms with Crippen molar-refractivity contribution >= 4 is 37.2 Å². The molecule has 1 saturated heterocycles. The first-order valence-electron chi connectivity index (χ1n) is 8.90. The smallest absolute Gasteiger partial charge is 0.177 e. The maximum Gasteiger partial charge on any atom is 0.177 e. The van der Waals surface area contributed by atoms with Gasteiger partial charge < -0.3 is 4.90 Å². The number of pyridine rings is 1. The third kappa shape index (κ3) is 3.83. The van der Waals surface area contributed by atoms with Gasteiger partial charge in [-0.2, -0.15) is 0 Å². The average molecular weight is 403 g/mol. The van der Waals surface area contributed by atoms with Crippen molar-refractivity contribution in [2.24, 2.45) is 0 Å². The molecule has 0 bridgehead atoms. The van der Waals surface area contributed by atoms with Crippen LogP contribution < -0.4 is 4.90 Å². The summed E-state index contributed by atoms with van der Waals surface area (Å²) < 4.78 is 24.4. The van der Waals surface area contributed by atoms with Crippen molar-refractivity contribution < 1.29 is 8.42 Å². The topological polar surface area (TPSA) is 66.4 Å². The average Bonchev–Trinajstić information content (AvgIpc) is 3.15. The molecule has 0 aliphatic carbocycles. The summed E-state index contributed by atoms with van der Waals surface area (Å²) in [7, 11) is -3.21. The van der Waals surface area contributed by atoms with Gasteiger partial charge in [-0.15, -0.1) is 11.3 Å². The fourth-order valence-corrected chi connectivity index (χ4v) is 4.68. The molecule has 6 nitrogen and oxygen atoms in total. The summed E-state index contributed by atoms with van der Waals surface area (Å²) in [6, 6.07) is 10.3. The van der Waals surface area contributed by atoms with Crippen LogP contribution >= 0.6 is 11.3 Å².